The highest BCUT2D eigenvalue weighted by molar-refractivity contribution is 6.76. The summed E-state index contributed by atoms with van der Waals surface area (Å²) in [6.07, 6.45) is 1.43. The fourth-order valence-electron chi connectivity index (χ4n) is 3.14. The second-order valence-corrected chi connectivity index (χ2v) is 14.3. The number of aryl methyl sites for hydroxylation is 1. The van der Waals surface area contributed by atoms with Crippen LogP contribution in [-0.2, 0) is 30.3 Å². The van der Waals surface area contributed by atoms with E-state index >= 15 is 0 Å². The number of rotatable bonds is 13. The van der Waals surface area contributed by atoms with Crippen molar-refractivity contribution in [2.75, 3.05) is 19.8 Å². The molecule has 0 aliphatic rings. The summed E-state index contributed by atoms with van der Waals surface area (Å²) in [5.74, 6) is -1.36. The third-order valence-corrected chi connectivity index (χ3v) is 6.54. The summed E-state index contributed by atoms with van der Waals surface area (Å²) in [5, 5.41) is 2.48. The summed E-state index contributed by atoms with van der Waals surface area (Å²) < 4.78 is 16.0. The van der Waals surface area contributed by atoms with Gasteiger partial charge in [0.2, 0.25) is 11.4 Å². The molecule has 0 bridgehead atoms. The van der Waals surface area contributed by atoms with Gasteiger partial charge < -0.3 is 19.5 Å². The van der Waals surface area contributed by atoms with Gasteiger partial charge in [-0.3, -0.25) is 4.79 Å². The molecule has 7 nitrogen and oxygen atoms in total. The van der Waals surface area contributed by atoms with Crippen molar-refractivity contribution in [1.29, 1.82) is 0 Å². The zero-order valence-corrected chi connectivity index (χ0v) is 20.7. The lowest BCUT2D eigenvalue weighted by Crippen LogP contribution is -2.61. The molecule has 1 N–H and O–H groups in total. The zero-order valence-electron chi connectivity index (χ0n) is 19.7. The third kappa shape index (κ3) is 9.12. The van der Waals surface area contributed by atoms with Gasteiger partial charge in [-0.15, -0.1) is 0 Å². The van der Waals surface area contributed by atoms with Crippen LogP contribution in [0.2, 0.25) is 25.7 Å². The van der Waals surface area contributed by atoms with Gasteiger partial charge in [0.05, 0.1) is 19.8 Å². The van der Waals surface area contributed by atoms with E-state index in [9.17, 15) is 14.4 Å². The number of hydrogen-bond donors (Lipinski definition) is 1. The van der Waals surface area contributed by atoms with Gasteiger partial charge in [0, 0.05) is 15.0 Å². The maximum absolute atomic E-state index is 12.7. The molecule has 0 atom stereocenters. The van der Waals surface area contributed by atoms with Crippen LogP contribution < -0.4 is 10.1 Å². The monoisotopic (exact) mass is 451 g/mol. The van der Waals surface area contributed by atoms with E-state index in [1.54, 1.807) is 13.8 Å². The summed E-state index contributed by atoms with van der Waals surface area (Å²) in [4.78, 5) is 37.1. The average Bonchev–Trinajstić information content (AvgIpc) is 2.68. The van der Waals surface area contributed by atoms with Gasteiger partial charge in [-0.1, -0.05) is 37.8 Å². The van der Waals surface area contributed by atoms with Gasteiger partial charge in [0.1, 0.15) is 5.75 Å². The number of ether oxygens (including phenoxy) is 3. The van der Waals surface area contributed by atoms with E-state index in [-0.39, 0.29) is 19.6 Å². The number of esters is 2. The predicted octanol–water partition coefficient (Wildman–Crippen LogP) is 3.73. The van der Waals surface area contributed by atoms with Gasteiger partial charge >= 0.3 is 11.9 Å². The molecule has 0 aliphatic heterocycles. The van der Waals surface area contributed by atoms with Crippen LogP contribution in [-0.4, -0.2) is 51.3 Å². The normalized spacial score (nSPS) is 11.5. The van der Waals surface area contributed by atoms with Crippen molar-refractivity contribution in [2.24, 2.45) is 0 Å². The molecule has 0 saturated carbocycles. The van der Waals surface area contributed by atoms with Crippen LogP contribution in [0.1, 0.15) is 39.2 Å². The quantitative estimate of drug-likeness (QED) is 0.213. The van der Waals surface area contributed by atoms with Crippen LogP contribution in [0.4, 0.5) is 0 Å². The van der Waals surface area contributed by atoms with Crippen molar-refractivity contribution < 1.29 is 28.6 Å². The first kappa shape index (κ1) is 26.7. The van der Waals surface area contributed by atoms with Crippen molar-refractivity contribution in [2.45, 2.75) is 71.3 Å². The fourth-order valence-corrected chi connectivity index (χ4v) is 4.34. The molecule has 1 amide bonds. The number of nitrogens with one attached hydrogen (secondary N) is 1. The highest BCUT2D eigenvalue weighted by atomic mass is 28.3. The van der Waals surface area contributed by atoms with E-state index in [0.717, 1.165) is 17.7 Å². The van der Waals surface area contributed by atoms with Crippen LogP contribution in [0.15, 0.2) is 24.3 Å². The average molecular weight is 452 g/mol. The Morgan fingerprint density at radius 2 is 1.52 bits per heavy atom. The van der Waals surface area contributed by atoms with Crippen molar-refractivity contribution in [3.05, 3.63) is 29.8 Å². The molecule has 174 valence electrons. The smallest absolute Gasteiger partial charge is 0.343 e. The Morgan fingerprint density at radius 3 is 1.97 bits per heavy atom. The molecule has 0 heterocycles. The molecule has 0 radical (unpaired) electrons. The van der Waals surface area contributed by atoms with Crippen molar-refractivity contribution >= 4 is 25.9 Å². The fraction of sp³-hybridized carbons (Fsp3) is 0.609. The Hall–Kier alpha value is -2.35. The Labute approximate surface area is 186 Å². The maximum atomic E-state index is 12.7. The third-order valence-electron chi connectivity index (χ3n) is 4.69. The summed E-state index contributed by atoms with van der Waals surface area (Å²) in [6, 6.07) is 8.75. The second-order valence-electron chi connectivity index (χ2n) is 8.68. The molecule has 0 fully saturated rings. The molecular formula is C23H37NO6Si. The standard InChI is InChI=1S/C23H37NO6Si/c1-7-28-21(26)23(24-18(3)25,22(27)29-8-2)15-14-19-10-12-20(13-11-19)30-16-9-17-31(4,5)6/h10-13H,7-9,14-17H2,1-6H3,(H,24,25). The molecule has 0 spiro atoms. The predicted molar refractivity (Wildman–Crippen MR) is 123 cm³/mol. The molecule has 1 aromatic carbocycles. The summed E-state index contributed by atoms with van der Waals surface area (Å²) in [6.45, 7) is 12.4. The van der Waals surface area contributed by atoms with Crippen LogP contribution in [0.3, 0.4) is 0 Å². The Kier molecular flexibility index (Phi) is 10.7. The van der Waals surface area contributed by atoms with E-state index in [1.165, 1.54) is 13.0 Å². The minimum Gasteiger partial charge on any atom is -0.494 e. The van der Waals surface area contributed by atoms with Crippen LogP contribution >= 0.6 is 0 Å². The SMILES string of the molecule is CCOC(=O)C(CCc1ccc(OCCC[Si](C)(C)C)cc1)(NC(C)=O)C(=O)OCC. The molecule has 0 aromatic heterocycles. The van der Waals surface area contributed by atoms with E-state index in [2.05, 4.69) is 25.0 Å². The Morgan fingerprint density at radius 1 is 0.968 bits per heavy atom. The van der Waals surface area contributed by atoms with Gasteiger partial charge in [-0.25, -0.2) is 9.59 Å². The first-order chi connectivity index (χ1) is 14.5. The molecule has 0 aliphatic carbocycles. The highest BCUT2D eigenvalue weighted by Gasteiger charge is 2.49. The van der Waals surface area contributed by atoms with Crippen molar-refractivity contribution in [1.82, 2.24) is 5.32 Å². The molecule has 1 rings (SSSR count). The maximum Gasteiger partial charge on any atom is 0.343 e. The zero-order chi connectivity index (χ0) is 23.5. The number of carbonyl (C=O) groups is 3. The topological polar surface area (TPSA) is 90.9 Å². The van der Waals surface area contributed by atoms with E-state index < -0.39 is 31.5 Å². The van der Waals surface area contributed by atoms with E-state index in [4.69, 9.17) is 14.2 Å². The first-order valence-electron chi connectivity index (χ1n) is 10.9. The molecule has 0 unspecified atom stereocenters. The summed E-state index contributed by atoms with van der Waals surface area (Å²) in [5.41, 5.74) is -0.970. The van der Waals surface area contributed by atoms with Gasteiger partial charge in [0.25, 0.3) is 0 Å². The molecule has 1 aromatic rings. The largest absolute Gasteiger partial charge is 0.494 e. The van der Waals surface area contributed by atoms with Crippen molar-refractivity contribution in [3.8, 4) is 5.75 Å². The van der Waals surface area contributed by atoms with E-state index in [1.807, 2.05) is 24.3 Å². The molecule has 31 heavy (non-hydrogen) atoms. The van der Waals surface area contributed by atoms with Gasteiger partial charge in [-0.2, -0.15) is 0 Å². The van der Waals surface area contributed by atoms with Crippen molar-refractivity contribution in [3.63, 3.8) is 0 Å². The Balaban J connectivity index is 2.85. The summed E-state index contributed by atoms with van der Waals surface area (Å²) in [7, 11) is -1.06. The molecule has 0 saturated heterocycles. The lowest BCUT2D eigenvalue weighted by Gasteiger charge is -2.29. The molecular weight excluding hydrogens is 414 g/mol. The van der Waals surface area contributed by atoms with Gasteiger partial charge in [0.15, 0.2) is 0 Å². The lowest BCUT2D eigenvalue weighted by atomic mass is 9.90. The second kappa shape index (κ2) is 12.5. The summed E-state index contributed by atoms with van der Waals surface area (Å²) >= 11 is 0. The highest BCUT2D eigenvalue weighted by Crippen LogP contribution is 2.22. The Bertz CT molecular complexity index is 709. The van der Waals surface area contributed by atoms with Gasteiger partial charge in [-0.05, 0) is 50.8 Å². The minimum atomic E-state index is -1.87. The molecule has 8 heteroatoms. The van der Waals surface area contributed by atoms with Crippen LogP contribution in [0.25, 0.3) is 0 Å². The van der Waals surface area contributed by atoms with E-state index in [0.29, 0.717) is 13.0 Å². The lowest BCUT2D eigenvalue weighted by molar-refractivity contribution is -0.168. The number of hydrogen-bond acceptors (Lipinski definition) is 6. The minimum absolute atomic E-state index is 0.0284. The number of benzene rings is 1. The number of amides is 1. The number of carbonyl (C=O) groups excluding carboxylic acids is 3. The van der Waals surface area contributed by atoms with Crippen LogP contribution in [0.5, 0.6) is 5.75 Å². The first-order valence-corrected chi connectivity index (χ1v) is 14.6. The van der Waals surface area contributed by atoms with Crippen LogP contribution in [0, 0.1) is 0 Å².